The van der Waals surface area contributed by atoms with Gasteiger partial charge in [0.25, 0.3) is 0 Å². The smallest absolute Gasteiger partial charge is 0.246 e. The molecule has 2 rings (SSSR count). The average molecular weight is 264 g/mol. The van der Waals surface area contributed by atoms with E-state index in [2.05, 4.69) is 15.2 Å². The van der Waals surface area contributed by atoms with Gasteiger partial charge in [0.2, 0.25) is 5.91 Å². The van der Waals surface area contributed by atoms with E-state index in [1.165, 1.54) is 0 Å². The lowest BCUT2D eigenvalue weighted by atomic mass is 10.1. The standard InChI is InChI=1S/C13H13N3O.ClH/c1-2-12(17)15-11-8-9-14-16-13(11)10-6-4-3-5-7-10;/h3-9H,2H2,1H3,(H,14,15,17);1H. The molecule has 2 aromatic rings. The molecule has 0 saturated heterocycles. The number of benzene rings is 1. The topological polar surface area (TPSA) is 58.1 Å². The minimum atomic E-state index is -0.143. The van der Waals surface area contributed by atoms with Crippen LogP contribution in [0.1, 0.15) is 13.3 Å². The highest BCUT2D eigenvalue weighted by Gasteiger charge is 2.02. The van der Waals surface area contributed by atoms with Crippen LogP contribution in [0.25, 0.3) is 11.3 Å². The third kappa shape index (κ3) is 3.28. The van der Waals surface area contributed by atoms with E-state index in [1.807, 2.05) is 30.3 Å². The lowest BCUT2D eigenvalue weighted by Crippen LogP contribution is -2.11. The van der Waals surface area contributed by atoms with Crippen LogP contribution in [0, 0.1) is 0 Å². The van der Waals surface area contributed by atoms with E-state index in [1.54, 1.807) is 19.2 Å². The van der Waals surface area contributed by atoms with Crippen molar-refractivity contribution in [2.45, 2.75) is 13.3 Å². The summed E-state index contributed by atoms with van der Waals surface area (Å²) in [5.41, 5.74) is 1.63. The van der Waals surface area contributed by atoms with Gasteiger partial charge in [-0.05, 0) is 6.07 Å². The first-order valence-corrected chi connectivity index (χ1v) is 5.48. The normalized spacial score (nSPS) is 10.8. The molecule has 1 N–H and O–H groups in total. The van der Waals surface area contributed by atoms with Crippen molar-refractivity contribution >= 4 is 18.3 Å². The van der Waals surface area contributed by atoms with Crippen LogP contribution in [0.3, 0.4) is 0 Å². The van der Waals surface area contributed by atoms with Gasteiger partial charge in [-0.3, -0.25) is 9.89 Å². The van der Waals surface area contributed by atoms with E-state index in [9.17, 15) is 4.79 Å². The molecule has 0 spiro atoms. The molecule has 0 radical (unpaired) electrons. The van der Waals surface area contributed by atoms with Gasteiger partial charge in [0.1, 0.15) is 5.69 Å². The maximum absolute atomic E-state index is 11.4. The maximum Gasteiger partial charge on any atom is 0.246 e. The van der Waals surface area contributed by atoms with Crippen molar-refractivity contribution in [3.8, 4) is 11.3 Å². The van der Waals surface area contributed by atoms with Crippen molar-refractivity contribution < 1.29 is 4.79 Å². The van der Waals surface area contributed by atoms with Crippen LogP contribution in [0.5, 0.6) is 0 Å². The molecule has 18 heavy (non-hydrogen) atoms. The number of rotatable bonds is 2. The van der Waals surface area contributed by atoms with E-state index in [-0.39, 0.29) is 18.3 Å². The van der Waals surface area contributed by atoms with Gasteiger partial charge >= 0.3 is 0 Å². The maximum atomic E-state index is 11.4. The highest BCUT2D eigenvalue weighted by Crippen LogP contribution is 2.10. The number of hydrogen-bond donors (Lipinski definition) is 1. The van der Waals surface area contributed by atoms with E-state index in [4.69, 9.17) is 0 Å². The Hall–Kier alpha value is -1.94. The number of carbonyl (C=O) groups excluding carboxylic acids is 1. The summed E-state index contributed by atoms with van der Waals surface area (Å²) in [7, 11) is 0. The number of aromatic nitrogens is 2. The average Bonchev–Trinajstić information content (AvgIpc) is 2.40. The molecule has 4 nitrogen and oxygen atoms in total. The van der Waals surface area contributed by atoms with Crippen LogP contribution in [-0.4, -0.2) is 16.1 Å². The molecule has 0 atom stereocenters. The van der Waals surface area contributed by atoms with Crippen molar-refractivity contribution in [3.63, 3.8) is 0 Å². The quantitative estimate of drug-likeness (QED) is 0.904. The minimum Gasteiger partial charge on any atom is -0.285 e. The van der Waals surface area contributed by atoms with Crippen molar-refractivity contribution in [3.05, 3.63) is 48.0 Å². The van der Waals surface area contributed by atoms with Gasteiger partial charge < -0.3 is 0 Å². The number of amides is 1. The molecule has 0 aliphatic heterocycles. The Morgan fingerprint density at radius 2 is 2.00 bits per heavy atom. The van der Waals surface area contributed by atoms with Crippen molar-refractivity contribution in [2.24, 2.45) is 4.99 Å². The summed E-state index contributed by atoms with van der Waals surface area (Å²) in [4.78, 5) is 15.4. The predicted molar refractivity (Wildman–Crippen MR) is 72.1 cm³/mol. The van der Waals surface area contributed by atoms with Crippen molar-refractivity contribution in [1.29, 1.82) is 0 Å². The van der Waals surface area contributed by atoms with Gasteiger partial charge in [0.15, 0.2) is 0 Å². The Morgan fingerprint density at radius 1 is 1.28 bits per heavy atom. The molecule has 0 aliphatic carbocycles. The van der Waals surface area contributed by atoms with Gasteiger partial charge in [-0.25, -0.2) is 4.99 Å². The first-order valence-electron chi connectivity index (χ1n) is 5.48. The number of halogens is 1. The highest BCUT2D eigenvalue weighted by atomic mass is 35.5. The van der Waals surface area contributed by atoms with Crippen LogP contribution >= 0.6 is 12.4 Å². The molecule has 0 fully saturated rings. The van der Waals surface area contributed by atoms with Gasteiger partial charge in [-0.1, -0.05) is 37.3 Å². The number of nitrogens with one attached hydrogen (secondary N) is 1. The summed E-state index contributed by atoms with van der Waals surface area (Å²) in [5, 5.41) is 7.53. The fourth-order valence-electron chi connectivity index (χ4n) is 1.47. The Balaban J connectivity index is 0.00000162. The zero-order valence-corrected chi connectivity index (χ0v) is 10.8. The summed E-state index contributed by atoms with van der Waals surface area (Å²) in [6, 6.07) is 11.4. The van der Waals surface area contributed by atoms with Crippen LogP contribution in [0.15, 0.2) is 47.6 Å². The first kappa shape index (κ1) is 14.1. The summed E-state index contributed by atoms with van der Waals surface area (Å²) in [5.74, 6) is -0.143. The van der Waals surface area contributed by atoms with Crippen LogP contribution in [-0.2, 0) is 4.79 Å². The number of hydrogen-bond acceptors (Lipinski definition) is 2. The molecule has 0 aliphatic rings. The zero-order chi connectivity index (χ0) is 12.1. The molecule has 1 amide bonds. The fraction of sp³-hybridized carbons (Fsp3) is 0.154. The third-order valence-electron chi connectivity index (χ3n) is 2.33. The third-order valence-corrected chi connectivity index (χ3v) is 2.33. The second-order valence-corrected chi connectivity index (χ2v) is 3.53. The molecule has 5 heteroatoms. The Bertz CT molecular complexity index is 578. The highest BCUT2D eigenvalue weighted by molar-refractivity contribution is 5.85. The molecular formula is C13H14ClN3O. The van der Waals surface area contributed by atoms with Crippen LogP contribution < -0.4 is 5.36 Å². The molecule has 1 aromatic carbocycles. The minimum absolute atomic E-state index is 0. The second kappa shape index (κ2) is 6.71. The zero-order valence-electron chi connectivity index (χ0n) is 9.96. The lowest BCUT2D eigenvalue weighted by molar-refractivity contribution is -0.117. The number of H-pyrrole nitrogens is 1. The van der Waals surface area contributed by atoms with Gasteiger partial charge in [0, 0.05) is 18.2 Å². The summed E-state index contributed by atoms with van der Waals surface area (Å²) < 4.78 is 0. The SMILES string of the molecule is CCC(=O)N=c1cc[nH]nc1-c1ccccc1.Cl. The second-order valence-electron chi connectivity index (χ2n) is 3.53. The number of nitrogens with zero attached hydrogens (tertiary/aromatic N) is 2. The Morgan fingerprint density at radius 3 is 2.67 bits per heavy atom. The van der Waals surface area contributed by atoms with Gasteiger partial charge in [0.05, 0.1) is 5.36 Å². The molecular weight excluding hydrogens is 250 g/mol. The van der Waals surface area contributed by atoms with Crippen molar-refractivity contribution in [2.75, 3.05) is 0 Å². The van der Waals surface area contributed by atoms with Crippen LogP contribution in [0.4, 0.5) is 0 Å². The predicted octanol–water partition coefficient (Wildman–Crippen LogP) is 2.34. The summed E-state index contributed by atoms with van der Waals surface area (Å²) in [6.45, 7) is 1.79. The lowest BCUT2D eigenvalue weighted by Gasteiger charge is -2.00. The monoisotopic (exact) mass is 263 g/mol. The largest absolute Gasteiger partial charge is 0.285 e. The molecule has 0 bridgehead atoms. The van der Waals surface area contributed by atoms with Gasteiger partial charge in [-0.15, -0.1) is 12.4 Å². The molecule has 0 unspecified atom stereocenters. The van der Waals surface area contributed by atoms with E-state index >= 15 is 0 Å². The summed E-state index contributed by atoms with van der Waals surface area (Å²) in [6.07, 6.45) is 2.06. The number of carbonyl (C=O) groups is 1. The first-order chi connectivity index (χ1) is 8.31. The molecule has 1 aromatic heterocycles. The van der Waals surface area contributed by atoms with E-state index in [0.717, 1.165) is 5.56 Å². The van der Waals surface area contributed by atoms with Gasteiger partial charge in [-0.2, -0.15) is 5.10 Å². The van der Waals surface area contributed by atoms with Crippen molar-refractivity contribution in [1.82, 2.24) is 10.2 Å². The molecule has 1 heterocycles. The van der Waals surface area contributed by atoms with Crippen LogP contribution in [0.2, 0.25) is 0 Å². The molecule has 0 saturated carbocycles. The Labute approximate surface area is 111 Å². The van der Waals surface area contributed by atoms with E-state index < -0.39 is 0 Å². The fourth-order valence-corrected chi connectivity index (χ4v) is 1.47. The summed E-state index contributed by atoms with van der Waals surface area (Å²) >= 11 is 0. The number of aromatic amines is 1. The Kier molecular flexibility index (Phi) is 5.27. The molecule has 94 valence electrons. The van der Waals surface area contributed by atoms with E-state index in [0.29, 0.717) is 17.5 Å².